The maximum absolute atomic E-state index is 5.55. The van der Waals surface area contributed by atoms with Gasteiger partial charge in [0, 0.05) is 281 Å². The van der Waals surface area contributed by atoms with Crippen LogP contribution in [-0.4, -0.2) is 19.3 Å². The molecule has 1 aliphatic rings. The predicted molar refractivity (Wildman–Crippen MR) is 28.0 cm³/mol. The molecule has 0 amide bonds. The summed E-state index contributed by atoms with van der Waals surface area (Å²) in [5, 5.41) is 0. The molecule has 2 nitrogen and oxygen atoms in total. The van der Waals surface area contributed by atoms with E-state index >= 15 is 0 Å². The molecule has 1 fully saturated rings. The molecular formula is C5H11NOY8. The molecule has 1 saturated heterocycles. The molecule has 8 radical (unpaired) electrons. The van der Waals surface area contributed by atoms with E-state index < -0.39 is 0 Å². The number of rotatable bonds is 0. The van der Waals surface area contributed by atoms with Crippen LogP contribution in [0.15, 0.2) is 0 Å². The van der Waals surface area contributed by atoms with Gasteiger partial charge in [0.2, 0.25) is 0 Å². The fourth-order valence-corrected chi connectivity index (χ4v) is 0.716. The minimum atomic E-state index is 0. The first-order valence-corrected chi connectivity index (χ1v) is 2.73. The molecule has 1 aliphatic heterocycles. The Hall–Kier alpha value is 8.75. The molecule has 0 aromatic heterocycles. The minimum Gasteiger partial charge on any atom is -0.381 e. The van der Waals surface area contributed by atoms with Crippen LogP contribution in [0.4, 0.5) is 0 Å². The monoisotopic (exact) mass is 812 g/mol. The average Bonchev–Trinajstić information content (AvgIpc) is 1.69. The smallest absolute Gasteiger partial charge is 0.0480 e. The van der Waals surface area contributed by atoms with E-state index in [2.05, 4.69) is 0 Å². The Morgan fingerprint density at radius 2 is 0.933 bits per heavy atom. The predicted octanol–water partition coefficient (Wildman–Crippen LogP) is 0.104. The molecule has 2 N–H and O–H groups in total. The Morgan fingerprint density at radius 3 is 1.07 bits per heavy atom. The zero-order valence-electron chi connectivity index (χ0n) is 9.01. The van der Waals surface area contributed by atoms with Gasteiger partial charge in [0.1, 0.15) is 0 Å². The third kappa shape index (κ3) is 34.9. The van der Waals surface area contributed by atoms with E-state index in [0.29, 0.717) is 6.04 Å². The zero-order chi connectivity index (χ0) is 5.11. The second kappa shape index (κ2) is 38.4. The Labute approximate surface area is 295 Å². The van der Waals surface area contributed by atoms with Crippen LogP contribution in [0.5, 0.6) is 0 Å². The van der Waals surface area contributed by atoms with Crippen LogP contribution in [0.25, 0.3) is 0 Å². The maximum atomic E-state index is 5.55. The van der Waals surface area contributed by atoms with Crippen LogP contribution in [0.3, 0.4) is 0 Å². The third-order valence-electron chi connectivity index (χ3n) is 1.27. The number of hydrogen-bond acceptors (Lipinski definition) is 2. The Morgan fingerprint density at radius 1 is 0.667 bits per heavy atom. The maximum Gasteiger partial charge on any atom is 0.0480 e. The number of hydrogen-bond donors (Lipinski definition) is 1. The fraction of sp³-hybridized carbons (Fsp3) is 1.00. The van der Waals surface area contributed by atoms with Gasteiger partial charge in [0.05, 0.1) is 0 Å². The van der Waals surface area contributed by atoms with Crippen molar-refractivity contribution in [1.29, 1.82) is 0 Å². The van der Waals surface area contributed by atoms with Crippen LogP contribution in [-0.2, 0) is 266 Å². The van der Waals surface area contributed by atoms with Gasteiger partial charge in [-0.2, -0.15) is 0 Å². The molecule has 0 spiro atoms. The van der Waals surface area contributed by atoms with Gasteiger partial charge in [-0.1, -0.05) is 0 Å². The summed E-state index contributed by atoms with van der Waals surface area (Å²) in [5.41, 5.74) is 5.55. The van der Waals surface area contributed by atoms with E-state index in [1.54, 1.807) is 0 Å². The summed E-state index contributed by atoms with van der Waals surface area (Å²) >= 11 is 0. The molecule has 0 atom stereocenters. The summed E-state index contributed by atoms with van der Waals surface area (Å²) in [6.07, 6.45) is 2.08. The topological polar surface area (TPSA) is 35.2 Å². The molecule has 1 heterocycles. The molecule has 0 aromatic carbocycles. The Balaban J connectivity index is -0.0000000102. The summed E-state index contributed by atoms with van der Waals surface area (Å²) in [5.74, 6) is 0. The largest absolute Gasteiger partial charge is 0.381 e. The standard InChI is InChI=1S/C5H11NO.8Y/c6-5-1-3-7-4-2-5;;;;;;;;/h5H,1-4,6H2;;;;;;;;. The van der Waals surface area contributed by atoms with E-state index in [1.807, 2.05) is 0 Å². The zero-order valence-corrected chi connectivity index (χ0v) is 31.7. The van der Waals surface area contributed by atoms with Gasteiger partial charge in [-0.05, 0) is 12.8 Å². The molecule has 1 rings (SSSR count). The molecule has 0 aromatic rings. The van der Waals surface area contributed by atoms with Gasteiger partial charge in [-0.25, -0.2) is 0 Å². The van der Waals surface area contributed by atoms with Crippen molar-refractivity contribution in [3.8, 4) is 0 Å². The van der Waals surface area contributed by atoms with Crippen LogP contribution in [0.2, 0.25) is 0 Å². The van der Waals surface area contributed by atoms with Crippen LogP contribution >= 0.6 is 0 Å². The molecule has 15 heavy (non-hydrogen) atoms. The molecule has 0 unspecified atom stereocenters. The van der Waals surface area contributed by atoms with Gasteiger partial charge in [-0.3, -0.25) is 0 Å². The van der Waals surface area contributed by atoms with Crippen molar-refractivity contribution < 1.29 is 266 Å². The molecule has 0 bridgehead atoms. The Kier molecular flexibility index (Phi) is 127. The van der Waals surface area contributed by atoms with Crippen molar-refractivity contribution in [2.24, 2.45) is 5.73 Å². The first-order valence-electron chi connectivity index (χ1n) is 2.73. The van der Waals surface area contributed by atoms with Crippen molar-refractivity contribution in [3.05, 3.63) is 0 Å². The van der Waals surface area contributed by atoms with Gasteiger partial charge >= 0.3 is 0 Å². The second-order valence-corrected chi connectivity index (χ2v) is 1.95. The molecule has 0 aliphatic carbocycles. The first-order chi connectivity index (χ1) is 3.39. The molecule has 66 valence electrons. The molecule has 0 saturated carbocycles. The quantitative estimate of drug-likeness (QED) is 0.378. The minimum absolute atomic E-state index is 0. The number of ether oxygens (including phenoxy) is 1. The summed E-state index contributed by atoms with van der Waals surface area (Å²) in [4.78, 5) is 0. The summed E-state index contributed by atoms with van der Waals surface area (Å²) in [6.45, 7) is 1.72. The normalized spacial score (nSPS) is 11.8. The second-order valence-electron chi connectivity index (χ2n) is 1.95. The SMILES string of the molecule is NC1CCOCC1.[Y].[Y].[Y].[Y].[Y].[Y].[Y].[Y]. The first kappa shape index (κ1) is 49.6. The van der Waals surface area contributed by atoms with Crippen molar-refractivity contribution in [2.75, 3.05) is 13.2 Å². The molecule has 10 heteroatoms. The van der Waals surface area contributed by atoms with Crippen molar-refractivity contribution >= 4 is 0 Å². The van der Waals surface area contributed by atoms with E-state index in [4.69, 9.17) is 10.5 Å². The summed E-state index contributed by atoms with van der Waals surface area (Å²) in [6, 6.07) is 0.411. The van der Waals surface area contributed by atoms with Crippen molar-refractivity contribution in [1.82, 2.24) is 0 Å². The third-order valence-corrected chi connectivity index (χ3v) is 1.27. The van der Waals surface area contributed by atoms with Crippen molar-refractivity contribution in [2.45, 2.75) is 18.9 Å². The summed E-state index contributed by atoms with van der Waals surface area (Å²) in [7, 11) is 0. The van der Waals surface area contributed by atoms with Crippen LogP contribution < -0.4 is 5.73 Å². The van der Waals surface area contributed by atoms with E-state index in [1.165, 1.54) is 0 Å². The van der Waals surface area contributed by atoms with Crippen LogP contribution in [0.1, 0.15) is 12.8 Å². The van der Waals surface area contributed by atoms with Crippen LogP contribution in [0, 0.1) is 0 Å². The van der Waals surface area contributed by atoms with Gasteiger partial charge in [0.25, 0.3) is 0 Å². The van der Waals surface area contributed by atoms with E-state index in [0.717, 1.165) is 26.1 Å². The van der Waals surface area contributed by atoms with E-state index in [9.17, 15) is 0 Å². The van der Waals surface area contributed by atoms with E-state index in [-0.39, 0.29) is 262 Å². The van der Waals surface area contributed by atoms with Crippen molar-refractivity contribution in [3.63, 3.8) is 0 Å². The molecular weight excluding hydrogens is 801 g/mol. The Bertz CT molecular complexity index is 65.0. The summed E-state index contributed by atoms with van der Waals surface area (Å²) < 4.78 is 5.06. The van der Waals surface area contributed by atoms with Gasteiger partial charge in [0.15, 0.2) is 0 Å². The van der Waals surface area contributed by atoms with Gasteiger partial charge < -0.3 is 10.5 Å². The fourth-order valence-electron chi connectivity index (χ4n) is 0.716. The number of nitrogens with two attached hydrogens (primary N) is 1. The average molecular weight is 812 g/mol. The van der Waals surface area contributed by atoms with Gasteiger partial charge in [-0.15, -0.1) is 0 Å².